The Morgan fingerprint density at radius 2 is 2.00 bits per heavy atom. The molecule has 0 aliphatic carbocycles. The van der Waals surface area contributed by atoms with E-state index < -0.39 is 12.1 Å². The Balaban J connectivity index is 2.84. The molecule has 0 spiro atoms. The predicted molar refractivity (Wildman–Crippen MR) is 63.7 cm³/mol. The summed E-state index contributed by atoms with van der Waals surface area (Å²) in [5, 5.41) is 11.4. The molecule has 1 amide bonds. The van der Waals surface area contributed by atoms with Crippen LogP contribution in [0.2, 0.25) is 5.02 Å². The third-order valence-corrected chi connectivity index (χ3v) is 1.95. The predicted octanol–water partition coefficient (Wildman–Crippen LogP) is 3.00. The van der Waals surface area contributed by atoms with E-state index in [-0.39, 0.29) is 22.4 Å². The molecule has 0 heterocycles. The molecule has 1 rings (SSSR count). The molecule has 5 nitrogen and oxygen atoms in total. The Labute approximate surface area is 103 Å². The van der Waals surface area contributed by atoms with Crippen molar-refractivity contribution in [2.75, 3.05) is 5.32 Å². The summed E-state index contributed by atoms with van der Waals surface area (Å²) in [7, 11) is 0. The summed E-state index contributed by atoms with van der Waals surface area (Å²) in [6.07, 6.45) is -0.910. The van der Waals surface area contributed by atoms with Gasteiger partial charge in [-0.15, -0.1) is 0 Å². The molecule has 17 heavy (non-hydrogen) atoms. The minimum absolute atomic E-state index is 0.00246. The van der Waals surface area contributed by atoms with Gasteiger partial charge in [-0.05, 0) is 32.0 Å². The van der Waals surface area contributed by atoms with Crippen molar-refractivity contribution in [1.82, 2.24) is 0 Å². The van der Waals surface area contributed by atoms with Crippen molar-refractivity contribution in [1.29, 1.82) is 0 Å². The van der Waals surface area contributed by atoms with Crippen LogP contribution < -0.4 is 5.32 Å². The Morgan fingerprint density at radius 1 is 1.35 bits per heavy atom. The van der Waals surface area contributed by atoms with Gasteiger partial charge in [-0.1, -0.05) is 11.6 Å². The van der Waals surface area contributed by atoms with Crippen LogP contribution in [0.4, 0.5) is 10.5 Å². The fraction of sp³-hybridized carbons (Fsp3) is 0.273. The number of hydrogen-bond donors (Lipinski definition) is 2. The molecule has 0 radical (unpaired) electrons. The van der Waals surface area contributed by atoms with E-state index in [2.05, 4.69) is 5.32 Å². The van der Waals surface area contributed by atoms with Gasteiger partial charge >= 0.3 is 12.1 Å². The fourth-order valence-corrected chi connectivity index (χ4v) is 1.38. The molecule has 0 atom stereocenters. The van der Waals surface area contributed by atoms with Gasteiger partial charge < -0.3 is 9.84 Å². The number of carbonyl (C=O) groups excluding carboxylic acids is 1. The largest absolute Gasteiger partial charge is 0.478 e. The molecule has 6 heteroatoms. The molecule has 0 aliphatic rings. The minimum atomic E-state index is -1.12. The second-order valence-electron chi connectivity index (χ2n) is 3.61. The zero-order chi connectivity index (χ0) is 13.0. The number of rotatable bonds is 3. The van der Waals surface area contributed by atoms with Gasteiger partial charge in [0, 0.05) is 10.7 Å². The highest BCUT2D eigenvalue weighted by atomic mass is 35.5. The average Bonchev–Trinajstić information content (AvgIpc) is 2.14. The van der Waals surface area contributed by atoms with Gasteiger partial charge in [-0.25, -0.2) is 9.59 Å². The number of aromatic carboxylic acids is 1. The van der Waals surface area contributed by atoms with E-state index in [4.69, 9.17) is 21.4 Å². The smallest absolute Gasteiger partial charge is 0.411 e. The van der Waals surface area contributed by atoms with Crippen molar-refractivity contribution in [3.63, 3.8) is 0 Å². The molecular weight excluding hydrogens is 246 g/mol. The number of halogens is 1. The van der Waals surface area contributed by atoms with Crippen molar-refractivity contribution in [2.24, 2.45) is 0 Å². The summed E-state index contributed by atoms with van der Waals surface area (Å²) in [6.45, 7) is 3.42. The number of nitrogens with one attached hydrogen (secondary N) is 1. The summed E-state index contributed by atoms with van der Waals surface area (Å²) in [5.74, 6) is -1.12. The Hall–Kier alpha value is -1.75. The molecule has 2 N–H and O–H groups in total. The standard InChI is InChI=1S/C11H12ClNO4/c1-6(2)17-11(16)13-9-4-7(10(14)15)3-8(12)5-9/h3-6H,1-2H3,(H,13,16)(H,14,15). The van der Waals surface area contributed by atoms with E-state index in [1.54, 1.807) is 13.8 Å². The zero-order valence-electron chi connectivity index (χ0n) is 9.36. The van der Waals surface area contributed by atoms with Crippen LogP contribution in [0.25, 0.3) is 0 Å². The second-order valence-corrected chi connectivity index (χ2v) is 4.05. The topological polar surface area (TPSA) is 75.6 Å². The normalized spacial score (nSPS) is 10.1. The summed E-state index contributed by atoms with van der Waals surface area (Å²) in [4.78, 5) is 22.1. The van der Waals surface area contributed by atoms with Gasteiger partial charge in [0.25, 0.3) is 0 Å². The lowest BCUT2D eigenvalue weighted by Gasteiger charge is -2.10. The molecule has 0 saturated carbocycles. The summed E-state index contributed by atoms with van der Waals surface area (Å²) in [6, 6.07) is 4.04. The maximum Gasteiger partial charge on any atom is 0.411 e. The first kappa shape index (κ1) is 13.3. The lowest BCUT2D eigenvalue weighted by Crippen LogP contribution is -2.18. The van der Waals surface area contributed by atoms with Crippen molar-refractivity contribution < 1.29 is 19.4 Å². The highest BCUT2D eigenvalue weighted by molar-refractivity contribution is 6.31. The van der Waals surface area contributed by atoms with E-state index in [9.17, 15) is 9.59 Å². The van der Waals surface area contributed by atoms with Crippen LogP contribution in [0, 0.1) is 0 Å². The summed E-state index contributed by atoms with van der Waals surface area (Å²) < 4.78 is 4.85. The van der Waals surface area contributed by atoms with E-state index in [0.29, 0.717) is 0 Å². The Kier molecular flexibility index (Phi) is 4.34. The molecule has 0 fully saturated rings. The molecule has 1 aromatic carbocycles. The van der Waals surface area contributed by atoms with Crippen LogP contribution in [-0.2, 0) is 4.74 Å². The number of amides is 1. The zero-order valence-corrected chi connectivity index (χ0v) is 10.1. The van der Waals surface area contributed by atoms with Gasteiger partial charge in [0.15, 0.2) is 0 Å². The molecule has 0 aliphatic heterocycles. The SMILES string of the molecule is CC(C)OC(=O)Nc1cc(Cl)cc(C(=O)O)c1. The van der Waals surface area contributed by atoms with Crippen molar-refractivity contribution in [3.05, 3.63) is 28.8 Å². The molecule has 92 valence electrons. The first-order valence-corrected chi connectivity index (χ1v) is 5.28. The van der Waals surface area contributed by atoms with Crippen LogP contribution in [0.1, 0.15) is 24.2 Å². The Morgan fingerprint density at radius 3 is 2.53 bits per heavy atom. The summed E-state index contributed by atoms with van der Waals surface area (Å²) >= 11 is 5.73. The molecular formula is C11H12ClNO4. The lowest BCUT2D eigenvalue weighted by atomic mass is 10.2. The number of carboxylic acid groups (broad SMARTS) is 1. The van der Waals surface area contributed by atoms with Gasteiger partial charge in [-0.2, -0.15) is 0 Å². The van der Waals surface area contributed by atoms with Gasteiger partial charge in [0.05, 0.1) is 11.7 Å². The molecule has 1 aromatic rings. The summed E-state index contributed by atoms with van der Waals surface area (Å²) in [5.41, 5.74) is 0.276. The number of carbonyl (C=O) groups is 2. The highest BCUT2D eigenvalue weighted by Gasteiger charge is 2.10. The lowest BCUT2D eigenvalue weighted by molar-refractivity contribution is 0.0696. The third-order valence-electron chi connectivity index (χ3n) is 1.73. The number of anilines is 1. The molecule has 0 aromatic heterocycles. The van der Waals surface area contributed by atoms with Crippen molar-refractivity contribution in [3.8, 4) is 0 Å². The number of hydrogen-bond acceptors (Lipinski definition) is 3. The van der Waals surface area contributed by atoms with Gasteiger partial charge in [-0.3, -0.25) is 5.32 Å². The van der Waals surface area contributed by atoms with Crippen LogP contribution in [-0.4, -0.2) is 23.3 Å². The number of carboxylic acids is 1. The first-order valence-electron chi connectivity index (χ1n) is 4.90. The van der Waals surface area contributed by atoms with Crippen LogP contribution in [0.3, 0.4) is 0 Å². The van der Waals surface area contributed by atoms with Gasteiger partial charge in [0.2, 0.25) is 0 Å². The maximum absolute atomic E-state index is 11.3. The van der Waals surface area contributed by atoms with Crippen LogP contribution in [0.15, 0.2) is 18.2 Å². The fourth-order valence-electron chi connectivity index (χ4n) is 1.15. The maximum atomic E-state index is 11.3. The van der Waals surface area contributed by atoms with E-state index in [1.165, 1.54) is 18.2 Å². The molecule has 0 saturated heterocycles. The van der Waals surface area contributed by atoms with E-state index >= 15 is 0 Å². The Bertz CT molecular complexity index is 445. The van der Waals surface area contributed by atoms with Crippen LogP contribution in [0.5, 0.6) is 0 Å². The van der Waals surface area contributed by atoms with E-state index in [0.717, 1.165) is 0 Å². The monoisotopic (exact) mass is 257 g/mol. The second kappa shape index (κ2) is 5.54. The number of ether oxygens (including phenoxy) is 1. The van der Waals surface area contributed by atoms with Crippen LogP contribution >= 0.6 is 11.6 Å². The quantitative estimate of drug-likeness (QED) is 0.873. The molecule has 0 bridgehead atoms. The molecule has 0 unspecified atom stereocenters. The van der Waals surface area contributed by atoms with Crippen molar-refractivity contribution >= 4 is 29.4 Å². The first-order chi connectivity index (χ1) is 7.88. The van der Waals surface area contributed by atoms with E-state index in [1.807, 2.05) is 0 Å². The van der Waals surface area contributed by atoms with Crippen molar-refractivity contribution in [2.45, 2.75) is 20.0 Å². The number of benzene rings is 1. The third kappa shape index (κ3) is 4.32. The average molecular weight is 258 g/mol. The van der Waals surface area contributed by atoms with Gasteiger partial charge in [0.1, 0.15) is 0 Å². The minimum Gasteiger partial charge on any atom is -0.478 e. The highest BCUT2D eigenvalue weighted by Crippen LogP contribution is 2.19.